The maximum absolute atomic E-state index is 10.9. The van der Waals surface area contributed by atoms with Crippen molar-refractivity contribution in [2.45, 2.75) is 26.2 Å². The normalized spacial score (nSPS) is 14.7. The Balaban J connectivity index is 2.59. The molecule has 2 unspecified atom stereocenters. The monoisotopic (exact) mass is 191 g/mol. The molecular weight excluding hydrogens is 174 g/mol. The fraction of sp³-hybridized carbons (Fsp3) is 0.417. The first-order valence-electron chi connectivity index (χ1n) is 4.95. The molecule has 2 heteroatoms. The second-order valence-corrected chi connectivity index (χ2v) is 3.85. The van der Waals surface area contributed by atoms with Crippen molar-refractivity contribution in [3.8, 4) is 0 Å². The van der Waals surface area contributed by atoms with Gasteiger partial charge >= 0.3 is 0 Å². The van der Waals surface area contributed by atoms with E-state index in [-0.39, 0.29) is 11.8 Å². The molecule has 0 saturated carbocycles. The van der Waals surface area contributed by atoms with E-state index >= 15 is 0 Å². The standard InChI is InChI=1S/C12H17NO/c1-9(8-10(2)12(13)14)11-6-4-3-5-7-11/h3-7,9-10H,8H2,1-2H3,(H2,13,14). The highest BCUT2D eigenvalue weighted by Crippen LogP contribution is 2.22. The van der Waals surface area contributed by atoms with Gasteiger partial charge in [-0.15, -0.1) is 0 Å². The van der Waals surface area contributed by atoms with Crippen molar-refractivity contribution in [2.24, 2.45) is 11.7 Å². The van der Waals surface area contributed by atoms with E-state index in [0.717, 1.165) is 6.42 Å². The van der Waals surface area contributed by atoms with Gasteiger partial charge in [-0.1, -0.05) is 44.2 Å². The van der Waals surface area contributed by atoms with Crippen molar-refractivity contribution in [1.82, 2.24) is 0 Å². The zero-order valence-electron chi connectivity index (χ0n) is 8.73. The summed E-state index contributed by atoms with van der Waals surface area (Å²) in [5.41, 5.74) is 6.49. The largest absolute Gasteiger partial charge is 0.369 e. The van der Waals surface area contributed by atoms with Crippen LogP contribution in [0.4, 0.5) is 0 Å². The fourth-order valence-electron chi connectivity index (χ4n) is 1.56. The number of carbonyl (C=O) groups is 1. The van der Waals surface area contributed by atoms with Crippen molar-refractivity contribution in [1.29, 1.82) is 0 Å². The Morgan fingerprint density at radius 2 is 1.86 bits per heavy atom. The van der Waals surface area contributed by atoms with E-state index in [1.54, 1.807) is 0 Å². The van der Waals surface area contributed by atoms with Crippen LogP contribution in [0.15, 0.2) is 30.3 Å². The van der Waals surface area contributed by atoms with Crippen LogP contribution in [0.3, 0.4) is 0 Å². The molecule has 2 atom stereocenters. The van der Waals surface area contributed by atoms with E-state index in [1.807, 2.05) is 25.1 Å². The molecule has 2 N–H and O–H groups in total. The minimum atomic E-state index is -0.215. The second kappa shape index (κ2) is 4.80. The molecule has 2 nitrogen and oxygen atoms in total. The fourth-order valence-corrected chi connectivity index (χ4v) is 1.56. The molecule has 1 aromatic rings. The number of hydrogen-bond donors (Lipinski definition) is 1. The molecule has 1 amide bonds. The van der Waals surface area contributed by atoms with E-state index in [1.165, 1.54) is 5.56 Å². The van der Waals surface area contributed by atoms with Crippen LogP contribution in [0.2, 0.25) is 0 Å². The Kier molecular flexibility index (Phi) is 3.69. The number of hydrogen-bond acceptors (Lipinski definition) is 1. The predicted molar refractivity (Wildman–Crippen MR) is 57.8 cm³/mol. The Bertz CT molecular complexity index is 294. The van der Waals surface area contributed by atoms with Gasteiger partial charge < -0.3 is 5.73 Å². The first-order valence-corrected chi connectivity index (χ1v) is 4.95. The summed E-state index contributed by atoms with van der Waals surface area (Å²) in [5, 5.41) is 0. The van der Waals surface area contributed by atoms with Crippen molar-refractivity contribution >= 4 is 5.91 Å². The Hall–Kier alpha value is -1.31. The number of primary amides is 1. The maximum atomic E-state index is 10.9. The molecule has 0 heterocycles. The van der Waals surface area contributed by atoms with E-state index in [9.17, 15) is 4.79 Å². The minimum absolute atomic E-state index is 0.0507. The molecule has 14 heavy (non-hydrogen) atoms. The van der Waals surface area contributed by atoms with Crippen LogP contribution in [0.5, 0.6) is 0 Å². The molecule has 0 aliphatic rings. The molecule has 1 aromatic carbocycles. The summed E-state index contributed by atoms with van der Waals surface area (Å²) in [6.07, 6.45) is 0.819. The van der Waals surface area contributed by atoms with Crippen LogP contribution in [0, 0.1) is 5.92 Å². The summed E-state index contributed by atoms with van der Waals surface area (Å²) in [5.74, 6) is 0.122. The summed E-state index contributed by atoms with van der Waals surface area (Å²) < 4.78 is 0. The van der Waals surface area contributed by atoms with E-state index in [0.29, 0.717) is 5.92 Å². The van der Waals surface area contributed by atoms with Crippen molar-refractivity contribution in [3.63, 3.8) is 0 Å². The van der Waals surface area contributed by atoms with Gasteiger partial charge in [0, 0.05) is 5.92 Å². The van der Waals surface area contributed by atoms with Crippen molar-refractivity contribution in [3.05, 3.63) is 35.9 Å². The Labute approximate surface area is 85.1 Å². The number of rotatable bonds is 4. The molecule has 0 aliphatic heterocycles. The maximum Gasteiger partial charge on any atom is 0.220 e. The second-order valence-electron chi connectivity index (χ2n) is 3.85. The van der Waals surface area contributed by atoms with Gasteiger partial charge in [-0.3, -0.25) is 4.79 Å². The van der Waals surface area contributed by atoms with Gasteiger partial charge in [0.05, 0.1) is 0 Å². The molecule has 76 valence electrons. The summed E-state index contributed by atoms with van der Waals surface area (Å²) in [6, 6.07) is 10.2. The average Bonchev–Trinajstić information content (AvgIpc) is 2.19. The predicted octanol–water partition coefficient (Wildman–Crippen LogP) is 2.30. The Morgan fingerprint density at radius 1 is 1.29 bits per heavy atom. The van der Waals surface area contributed by atoms with Crippen LogP contribution in [-0.2, 0) is 4.79 Å². The highest BCUT2D eigenvalue weighted by molar-refractivity contribution is 5.76. The highest BCUT2D eigenvalue weighted by atomic mass is 16.1. The van der Waals surface area contributed by atoms with Crippen molar-refractivity contribution in [2.75, 3.05) is 0 Å². The first-order chi connectivity index (χ1) is 6.61. The minimum Gasteiger partial charge on any atom is -0.369 e. The Morgan fingerprint density at radius 3 is 2.36 bits per heavy atom. The summed E-state index contributed by atoms with van der Waals surface area (Å²) >= 11 is 0. The average molecular weight is 191 g/mol. The van der Waals surface area contributed by atoms with Gasteiger partial charge in [-0.25, -0.2) is 0 Å². The van der Waals surface area contributed by atoms with Gasteiger partial charge in [0.2, 0.25) is 5.91 Å². The molecule has 0 bridgehead atoms. The molecule has 0 fully saturated rings. The van der Waals surface area contributed by atoms with Crippen LogP contribution in [0.1, 0.15) is 31.7 Å². The lowest BCUT2D eigenvalue weighted by Gasteiger charge is -2.14. The third-order valence-corrected chi connectivity index (χ3v) is 2.56. The summed E-state index contributed by atoms with van der Waals surface area (Å²) in [7, 11) is 0. The van der Waals surface area contributed by atoms with Gasteiger partial charge in [-0.2, -0.15) is 0 Å². The molecule has 0 aliphatic carbocycles. The van der Waals surface area contributed by atoms with Crippen LogP contribution >= 0.6 is 0 Å². The summed E-state index contributed by atoms with van der Waals surface area (Å²) in [6.45, 7) is 4.00. The van der Waals surface area contributed by atoms with Gasteiger partial charge in [0.15, 0.2) is 0 Å². The number of nitrogens with two attached hydrogens (primary N) is 1. The third kappa shape index (κ3) is 2.87. The zero-order valence-corrected chi connectivity index (χ0v) is 8.73. The SMILES string of the molecule is CC(CC(C)c1ccccc1)C(N)=O. The van der Waals surface area contributed by atoms with Gasteiger partial charge in [-0.05, 0) is 17.9 Å². The zero-order chi connectivity index (χ0) is 10.6. The van der Waals surface area contributed by atoms with E-state index in [2.05, 4.69) is 19.1 Å². The molecule has 0 spiro atoms. The summed E-state index contributed by atoms with van der Waals surface area (Å²) in [4.78, 5) is 10.9. The first kappa shape index (κ1) is 10.8. The highest BCUT2D eigenvalue weighted by Gasteiger charge is 2.14. The lowest BCUT2D eigenvalue weighted by molar-refractivity contribution is -0.121. The molecule has 0 saturated heterocycles. The third-order valence-electron chi connectivity index (χ3n) is 2.56. The number of benzene rings is 1. The lowest BCUT2D eigenvalue weighted by Crippen LogP contribution is -2.21. The van der Waals surface area contributed by atoms with E-state index in [4.69, 9.17) is 5.73 Å². The molecule has 0 aromatic heterocycles. The van der Waals surface area contributed by atoms with Gasteiger partial charge in [0.25, 0.3) is 0 Å². The number of amides is 1. The smallest absolute Gasteiger partial charge is 0.220 e. The van der Waals surface area contributed by atoms with Crippen LogP contribution in [-0.4, -0.2) is 5.91 Å². The molecule has 0 radical (unpaired) electrons. The topological polar surface area (TPSA) is 43.1 Å². The van der Waals surface area contributed by atoms with Crippen molar-refractivity contribution < 1.29 is 4.79 Å². The lowest BCUT2D eigenvalue weighted by atomic mass is 9.91. The van der Waals surface area contributed by atoms with Crippen LogP contribution in [0.25, 0.3) is 0 Å². The number of carbonyl (C=O) groups excluding carboxylic acids is 1. The molecule has 1 rings (SSSR count). The van der Waals surface area contributed by atoms with E-state index < -0.39 is 0 Å². The quantitative estimate of drug-likeness (QED) is 0.779. The molecular formula is C12H17NO. The van der Waals surface area contributed by atoms with Gasteiger partial charge in [0.1, 0.15) is 0 Å². The van der Waals surface area contributed by atoms with Crippen LogP contribution < -0.4 is 5.73 Å².